The molecule has 3 heteroatoms. The molecule has 0 rings (SSSR count). The summed E-state index contributed by atoms with van der Waals surface area (Å²) in [6, 6.07) is 0. The van der Waals surface area contributed by atoms with Crippen molar-refractivity contribution < 1.29 is 0 Å². The Labute approximate surface area is 50.3 Å². The van der Waals surface area contributed by atoms with Crippen molar-refractivity contribution in [1.29, 1.82) is 0 Å². The lowest BCUT2D eigenvalue weighted by Gasteiger charge is -2.13. The van der Waals surface area contributed by atoms with Gasteiger partial charge in [-0.3, -0.25) is 0 Å². The number of hydrogen-bond donors (Lipinski definition) is 2. The Kier molecular flexibility index (Phi) is 4.30. The Balaban J connectivity index is 2.97. The van der Waals surface area contributed by atoms with E-state index in [-0.39, 0.29) is 0 Å². The summed E-state index contributed by atoms with van der Waals surface area (Å²) in [6.07, 6.45) is 1.59. The van der Waals surface area contributed by atoms with Crippen LogP contribution in [0, 0.1) is 0 Å². The number of hydrazine groups is 2. The van der Waals surface area contributed by atoms with Crippen molar-refractivity contribution in [2.45, 2.75) is 6.92 Å². The van der Waals surface area contributed by atoms with E-state index in [2.05, 4.69) is 24.5 Å². The highest BCUT2D eigenvalue weighted by Crippen LogP contribution is 1.65. The van der Waals surface area contributed by atoms with Crippen molar-refractivity contribution in [2.75, 3.05) is 13.6 Å². The summed E-state index contributed by atoms with van der Waals surface area (Å²) in [5.41, 5.74) is 5.59. The second-order valence-corrected chi connectivity index (χ2v) is 1.47. The van der Waals surface area contributed by atoms with E-state index < -0.39 is 0 Å². The first-order valence-corrected chi connectivity index (χ1v) is 2.64. The normalized spacial score (nSPS) is 9.38. The van der Waals surface area contributed by atoms with Gasteiger partial charge >= 0.3 is 0 Å². The summed E-state index contributed by atoms with van der Waals surface area (Å²) in [5, 5.41) is 1.90. The average molecular weight is 115 g/mol. The van der Waals surface area contributed by atoms with Gasteiger partial charge in [0.25, 0.3) is 0 Å². The first-order valence-electron chi connectivity index (χ1n) is 2.64. The Hall–Kier alpha value is -0.540. The quantitative estimate of drug-likeness (QED) is 0.508. The molecular weight excluding hydrogens is 102 g/mol. The van der Waals surface area contributed by atoms with Gasteiger partial charge in [-0.05, 0) is 0 Å². The third kappa shape index (κ3) is 3.64. The lowest BCUT2D eigenvalue weighted by Crippen LogP contribution is -2.41. The van der Waals surface area contributed by atoms with Gasteiger partial charge in [-0.1, -0.05) is 13.5 Å². The van der Waals surface area contributed by atoms with E-state index in [1.165, 1.54) is 0 Å². The van der Waals surface area contributed by atoms with Crippen LogP contribution >= 0.6 is 0 Å². The van der Waals surface area contributed by atoms with Crippen LogP contribution in [-0.4, -0.2) is 18.6 Å². The fourth-order valence-electron chi connectivity index (χ4n) is 0.235. The summed E-state index contributed by atoms with van der Waals surface area (Å²) >= 11 is 0. The predicted molar refractivity (Wildman–Crippen MR) is 34.8 cm³/mol. The second-order valence-electron chi connectivity index (χ2n) is 1.47. The zero-order valence-corrected chi connectivity index (χ0v) is 5.44. The summed E-state index contributed by atoms with van der Waals surface area (Å²) in [6.45, 7) is 6.48. The zero-order valence-electron chi connectivity index (χ0n) is 5.44. The number of nitrogens with zero attached hydrogens (tertiary/aromatic N) is 1. The zero-order chi connectivity index (χ0) is 6.41. The molecule has 0 amide bonds. The minimum Gasteiger partial charge on any atom is -0.316 e. The molecule has 0 aliphatic carbocycles. The van der Waals surface area contributed by atoms with Gasteiger partial charge in [0.05, 0.1) is 0 Å². The van der Waals surface area contributed by atoms with Crippen LogP contribution < -0.4 is 11.0 Å². The molecule has 0 aromatic rings. The molecule has 0 aliphatic rings. The SMILES string of the molecule is C=CNNN(C)CC. The second kappa shape index (κ2) is 4.61. The molecule has 0 aromatic heterocycles. The molecular formula is C5H13N3. The van der Waals surface area contributed by atoms with Crippen molar-refractivity contribution in [2.24, 2.45) is 0 Å². The van der Waals surface area contributed by atoms with Crippen molar-refractivity contribution in [1.82, 2.24) is 16.0 Å². The Morgan fingerprint density at radius 3 is 2.75 bits per heavy atom. The molecule has 3 nitrogen and oxygen atoms in total. The topological polar surface area (TPSA) is 27.3 Å². The van der Waals surface area contributed by atoms with E-state index in [0.29, 0.717) is 0 Å². The fourth-order valence-corrected chi connectivity index (χ4v) is 0.235. The van der Waals surface area contributed by atoms with Gasteiger partial charge in [-0.25, -0.2) is 5.01 Å². The Morgan fingerprint density at radius 2 is 2.38 bits per heavy atom. The van der Waals surface area contributed by atoms with Gasteiger partial charge in [-0.2, -0.15) is 5.53 Å². The maximum atomic E-state index is 3.47. The van der Waals surface area contributed by atoms with E-state index in [4.69, 9.17) is 0 Å². The van der Waals surface area contributed by atoms with Crippen molar-refractivity contribution in [3.05, 3.63) is 12.8 Å². The maximum absolute atomic E-state index is 3.47. The molecule has 2 N–H and O–H groups in total. The number of rotatable bonds is 4. The molecule has 0 heterocycles. The number of nitrogens with one attached hydrogen (secondary N) is 2. The lowest BCUT2D eigenvalue weighted by atomic mass is 10.7. The molecule has 0 spiro atoms. The van der Waals surface area contributed by atoms with Gasteiger partial charge in [-0.15, -0.1) is 0 Å². The van der Waals surface area contributed by atoms with E-state index >= 15 is 0 Å². The van der Waals surface area contributed by atoms with Gasteiger partial charge in [0.2, 0.25) is 0 Å². The van der Waals surface area contributed by atoms with Crippen LogP contribution in [-0.2, 0) is 0 Å². The molecule has 48 valence electrons. The van der Waals surface area contributed by atoms with E-state index in [1.807, 2.05) is 12.1 Å². The molecule has 0 atom stereocenters. The summed E-state index contributed by atoms with van der Waals surface area (Å²) in [7, 11) is 1.94. The molecule has 0 radical (unpaired) electrons. The highest BCUT2D eigenvalue weighted by molar-refractivity contribution is 4.56. The summed E-state index contributed by atoms with van der Waals surface area (Å²) in [4.78, 5) is 0. The van der Waals surface area contributed by atoms with Crippen LogP contribution in [0.1, 0.15) is 6.92 Å². The van der Waals surface area contributed by atoms with Crippen molar-refractivity contribution >= 4 is 0 Å². The highest BCUT2D eigenvalue weighted by Gasteiger charge is 1.84. The van der Waals surface area contributed by atoms with E-state index in [9.17, 15) is 0 Å². The minimum atomic E-state index is 0.959. The summed E-state index contributed by atoms with van der Waals surface area (Å²) in [5.74, 6) is 0. The minimum absolute atomic E-state index is 0.959. The lowest BCUT2D eigenvalue weighted by molar-refractivity contribution is 0.222. The van der Waals surface area contributed by atoms with Gasteiger partial charge in [0, 0.05) is 19.8 Å². The Bertz CT molecular complexity index is 62.7. The standard InChI is InChI=1S/C5H13N3/c1-4-6-7-8(3)5-2/h4,6-7H,1,5H2,2-3H3. The third-order valence-electron chi connectivity index (χ3n) is 0.832. The van der Waals surface area contributed by atoms with Crippen LogP contribution in [0.25, 0.3) is 0 Å². The maximum Gasteiger partial charge on any atom is 0.0116 e. The van der Waals surface area contributed by atoms with Crippen molar-refractivity contribution in [3.63, 3.8) is 0 Å². The van der Waals surface area contributed by atoms with Crippen LogP contribution in [0.4, 0.5) is 0 Å². The average Bonchev–Trinajstić information content (AvgIpc) is 1.83. The largest absolute Gasteiger partial charge is 0.316 e. The molecule has 0 fully saturated rings. The third-order valence-corrected chi connectivity index (χ3v) is 0.832. The fraction of sp³-hybridized carbons (Fsp3) is 0.600. The van der Waals surface area contributed by atoms with Gasteiger partial charge in [0.1, 0.15) is 0 Å². The Morgan fingerprint density at radius 1 is 1.75 bits per heavy atom. The first-order chi connectivity index (χ1) is 3.81. The molecule has 0 aromatic carbocycles. The molecule has 0 saturated carbocycles. The van der Waals surface area contributed by atoms with Gasteiger partial charge in [0.15, 0.2) is 0 Å². The summed E-state index contributed by atoms with van der Waals surface area (Å²) < 4.78 is 0. The smallest absolute Gasteiger partial charge is 0.0116 e. The first kappa shape index (κ1) is 7.46. The highest BCUT2D eigenvalue weighted by atomic mass is 15.7. The molecule has 0 saturated heterocycles. The van der Waals surface area contributed by atoms with Crippen LogP contribution in [0.5, 0.6) is 0 Å². The van der Waals surface area contributed by atoms with Crippen LogP contribution in [0.15, 0.2) is 12.8 Å². The number of hydrogen-bond acceptors (Lipinski definition) is 3. The molecule has 0 bridgehead atoms. The van der Waals surface area contributed by atoms with Crippen molar-refractivity contribution in [3.8, 4) is 0 Å². The van der Waals surface area contributed by atoms with Crippen LogP contribution in [0.2, 0.25) is 0 Å². The predicted octanol–water partition coefficient (Wildman–Crippen LogP) is 0.0908. The molecule has 0 unspecified atom stereocenters. The molecule has 0 aliphatic heterocycles. The van der Waals surface area contributed by atoms with E-state index in [1.54, 1.807) is 6.20 Å². The monoisotopic (exact) mass is 115 g/mol. The van der Waals surface area contributed by atoms with E-state index in [0.717, 1.165) is 6.54 Å². The van der Waals surface area contributed by atoms with Gasteiger partial charge < -0.3 is 5.43 Å². The van der Waals surface area contributed by atoms with Crippen LogP contribution in [0.3, 0.4) is 0 Å². The molecule has 8 heavy (non-hydrogen) atoms.